The number of aliphatic carboxylic acids is 1. The van der Waals surface area contributed by atoms with Gasteiger partial charge in [0.2, 0.25) is 0 Å². The van der Waals surface area contributed by atoms with Gasteiger partial charge >= 0.3 is 0 Å². The minimum atomic E-state index is -1.14. The van der Waals surface area contributed by atoms with Gasteiger partial charge in [-0.05, 0) is 36.8 Å². The van der Waals surface area contributed by atoms with E-state index in [1.165, 1.54) is 6.42 Å². The number of carbonyl (C=O) groups excluding carboxylic acids is 1. The van der Waals surface area contributed by atoms with Crippen LogP contribution in [0.5, 0.6) is 5.75 Å². The largest absolute Gasteiger partial charge is 0.550 e. The Bertz CT molecular complexity index is 452. The standard InChI is InChI=1S/C18H28O3/c1-3-5-7-9-14-11-15(10-8-6-4-2)18(21)16(12-14)13-17(19)20/h11-12,21H,3-10,13H2,1-2H3,(H,19,20)/p-1. The van der Waals surface area contributed by atoms with Crippen LogP contribution in [0.15, 0.2) is 12.1 Å². The van der Waals surface area contributed by atoms with Gasteiger partial charge in [-0.1, -0.05) is 51.7 Å². The van der Waals surface area contributed by atoms with Crippen LogP contribution >= 0.6 is 0 Å². The molecule has 0 saturated heterocycles. The van der Waals surface area contributed by atoms with Crippen LogP contribution in [-0.2, 0) is 24.1 Å². The van der Waals surface area contributed by atoms with Crippen molar-refractivity contribution in [3.63, 3.8) is 0 Å². The van der Waals surface area contributed by atoms with Gasteiger partial charge in [0.25, 0.3) is 0 Å². The molecule has 0 fully saturated rings. The number of rotatable bonds is 10. The molecule has 0 atom stereocenters. The lowest BCUT2D eigenvalue weighted by Gasteiger charge is -2.14. The van der Waals surface area contributed by atoms with Crippen LogP contribution < -0.4 is 5.11 Å². The Kier molecular flexibility index (Phi) is 7.88. The Morgan fingerprint density at radius 3 is 2.14 bits per heavy atom. The molecule has 1 rings (SSSR count). The highest BCUT2D eigenvalue weighted by atomic mass is 16.4. The predicted molar refractivity (Wildman–Crippen MR) is 83.3 cm³/mol. The number of phenolic OH excluding ortho intramolecular Hbond substituents is 1. The molecular weight excluding hydrogens is 264 g/mol. The number of carbonyl (C=O) groups is 1. The fourth-order valence-electron chi connectivity index (χ4n) is 2.60. The van der Waals surface area contributed by atoms with E-state index in [1.54, 1.807) is 0 Å². The van der Waals surface area contributed by atoms with E-state index in [9.17, 15) is 15.0 Å². The second-order valence-corrected chi connectivity index (χ2v) is 5.73. The molecule has 0 unspecified atom stereocenters. The highest BCUT2D eigenvalue weighted by Crippen LogP contribution is 2.27. The van der Waals surface area contributed by atoms with Crippen molar-refractivity contribution in [2.75, 3.05) is 0 Å². The summed E-state index contributed by atoms with van der Waals surface area (Å²) in [6, 6.07) is 3.86. The fraction of sp³-hybridized carbons (Fsp3) is 0.611. The smallest absolute Gasteiger partial charge is 0.122 e. The van der Waals surface area contributed by atoms with Gasteiger partial charge in [-0.25, -0.2) is 0 Å². The minimum absolute atomic E-state index is 0.148. The Morgan fingerprint density at radius 2 is 1.57 bits per heavy atom. The zero-order chi connectivity index (χ0) is 15.7. The number of unbranched alkanes of at least 4 members (excludes halogenated alkanes) is 4. The molecule has 0 aromatic heterocycles. The quantitative estimate of drug-likeness (QED) is 0.674. The van der Waals surface area contributed by atoms with E-state index in [0.29, 0.717) is 5.56 Å². The van der Waals surface area contributed by atoms with Crippen molar-refractivity contribution in [1.82, 2.24) is 0 Å². The van der Waals surface area contributed by atoms with E-state index in [1.807, 2.05) is 12.1 Å². The van der Waals surface area contributed by atoms with E-state index in [4.69, 9.17) is 0 Å². The third-order valence-corrected chi connectivity index (χ3v) is 3.78. The Balaban J connectivity index is 2.91. The number of carboxylic acid groups (broad SMARTS) is 1. The average molecular weight is 291 g/mol. The molecule has 21 heavy (non-hydrogen) atoms. The van der Waals surface area contributed by atoms with Crippen molar-refractivity contribution < 1.29 is 15.0 Å². The van der Waals surface area contributed by atoms with Crippen LogP contribution in [-0.4, -0.2) is 11.1 Å². The van der Waals surface area contributed by atoms with Crippen molar-refractivity contribution in [2.45, 2.75) is 71.6 Å². The molecule has 3 heteroatoms. The van der Waals surface area contributed by atoms with E-state index in [-0.39, 0.29) is 12.2 Å². The summed E-state index contributed by atoms with van der Waals surface area (Å²) in [4.78, 5) is 10.8. The number of phenols is 1. The summed E-state index contributed by atoms with van der Waals surface area (Å²) in [5, 5.41) is 21.1. The third kappa shape index (κ3) is 6.19. The summed E-state index contributed by atoms with van der Waals surface area (Å²) in [6.45, 7) is 4.30. The number of hydrogen-bond acceptors (Lipinski definition) is 3. The van der Waals surface area contributed by atoms with Crippen molar-refractivity contribution in [3.8, 4) is 5.75 Å². The first-order valence-electron chi connectivity index (χ1n) is 8.11. The molecule has 0 aliphatic rings. The molecule has 0 radical (unpaired) electrons. The maximum atomic E-state index is 10.8. The molecule has 0 aliphatic heterocycles. The van der Waals surface area contributed by atoms with Gasteiger partial charge in [-0.3, -0.25) is 0 Å². The Labute approximate surface area is 128 Å². The molecule has 0 amide bonds. The van der Waals surface area contributed by atoms with E-state index < -0.39 is 5.97 Å². The summed E-state index contributed by atoms with van der Waals surface area (Å²) in [5.74, 6) is -0.995. The van der Waals surface area contributed by atoms with Crippen molar-refractivity contribution in [3.05, 3.63) is 28.8 Å². The lowest BCUT2D eigenvalue weighted by Crippen LogP contribution is -2.24. The molecule has 0 aliphatic carbocycles. The molecule has 1 aromatic carbocycles. The highest BCUT2D eigenvalue weighted by molar-refractivity contribution is 5.69. The molecular formula is C18H27O3-. The average Bonchev–Trinajstić information content (AvgIpc) is 2.43. The summed E-state index contributed by atoms with van der Waals surface area (Å²) in [5.41, 5.74) is 2.51. The topological polar surface area (TPSA) is 60.4 Å². The number of aromatic hydroxyl groups is 1. The molecule has 0 saturated carbocycles. The fourth-order valence-corrected chi connectivity index (χ4v) is 2.60. The van der Waals surface area contributed by atoms with Gasteiger partial charge in [0, 0.05) is 18.0 Å². The molecule has 0 bridgehead atoms. The van der Waals surface area contributed by atoms with Gasteiger partial charge in [-0.15, -0.1) is 0 Å². The lowest BCUT2D eigenvalue weighted by molar-refractivity contribution is -0.304. The zero-order valence-electron chi connectivity index (χ0n) is 13.3. The first-order valence-corrected chi connectivity index (χ1v) is 8.11. The molecule has 1 N–H and O–H groups in total. The third-order valence-electron chi connectivity index (χ3n) is 3.78. The van der Waals surface area contributed by atoms with Crippen LogP contribution in [0.1, 0.15) is 69.1 Å². The number of benzene rings is 1. The predicted octanol–water partition coefficient (Wildman–Crippen LogP) is 3.15. The summed E-state index contributed by atoms with van der Waals surface area (Å²) < 4.78 is 0. The minimum Gasteiger partial charge on any atom is -0.550 e. The van der Waals surface area contributed by atoms with Gasteiger partial charge in [0.05, 0.1) is 0 Å². The first kappa shape index (κ1) is 17.5. The van der Waals surface area contributed by atoms with Crippen LogP contribution in [0.3, 0.4) is 0 Å². The van der Waals surface area contributed by atoms with Gasteiger partial charge < -0.3 is 15.0 Å². The highest BCUT2D eigenvalue weighted by Gasteiger charge is 2.10. The first-order chi connectivity index (χ1) is 10.1. The summed E-state index contributed by atoms with van der Waals surface area (Å²) in [7, 11) is 0. The van der Waals surface area contributed by atoms with Crippen molar-refractivity contribution in [1.29, 1.82) is 0 Å². The Hall–Kier alpha value is -1.51. The summed E-state index contributed by atoms with van der Waals surface area (Å²) >= 11 is 0. The number of hydrogen-bond donors (Lipinski definition) is 1. The van der Waals surface area contributed by atoms with Crippen molar-refractivity contribution in [2.24, 2.45) is 0 Å². The van der Waals surface area contributed by atoms with Crippen LogP contribution in [0, 0.1) is 0 Å². The van der Waals surface area contributed by atoms with Crippen LogP contribution in [0.25, 0.3) is 0 Å². The van der Waals surface area contributed by atoms with Crippen LogP contribution in [0.2, 0.25) is 0 Å². The van der Waals surface area contributed by atoms with E-state index >= 15 is 0 Å². The second kappa shape index (κ2) is 9.43. The SMILES string of the molecule is CCCCCc1cc(CCCCC)c(O)c(CC(=O)[O-])c1. The monoisotopic (exact) mass is 291 g/mol. The van der Waals surface area contributed by atoms with Crippen molar-refractivity contribution >= 4 is 5.97 Å². The zero-order valence-corrected chi connectivity index (χ0v) is 13.3. The van der Waals surface area contributed by atoms with E-state index in [0.717, 1.165) is 56.1 Å². The molecule has 118 valence electrons. The Morgan fingerprint density at radius 1 is 1.00 bits per heavy atom. The molecule has 3 nitrogen and oxygen atoms in total. The number of aryl methyl sites for hydroxylation is 2. The summed E-state index contributed by atoms with van der Waals surface area (Å²) in [6.07, 6.45) is 8.23. The maximum Gasteiger partial charge on any atom is 0.122 e. The second-order valence-electron chi connectivity index (χ2n) is 5.73. The molecule has 0 spiro atoms. The lowest BCUT2D eigenvalue weighted by atomic mass is 9.95. The van der Waals surface area contributed by atoms with Gasteiger partial charge in [0.1, 0.15) is 5.75 Å². The number of carboxylic acids is 1. The van der Waals surface area contributed by atoms with Crippen LogP contribution in [0.4, 0.5) is 0 Å². The van der Waals surface area contributed by atoms with Gasteiger partial charge in [-0.2, -0.15) is 0 Å². The normalized spacial score (nSPS) is 10.8. The molecule has 0 heterocycles. The molecule has 1 aromatic rings. The van der Waals surface area contributed by atoms with Gasteiger partial charge in [0.15, 0.2) is 0 Å². The maximum absolute atomic E-state index is 10.8. The van der Waals surface area contributed by atoms with E-state index in [2.05, 4.69) is 13.8 Å².